The number of likely N-dealkylation sites (tertiary alicyclic amines) is 1. The Kier molecular flexibility index (Phi) is 3.14. The minimum atomic E-state index is 0.330. The minimum Gasteiger partial charge on any atom is -0.330 e. The number of nitrogens with zero attached hydrogens (tertiary/aromatic N) is 1. The van der Waals surface area contributed by atoms with E-state index in [1.165, 1.54) is 27.9 Å². The van der Waals surface area contributed by atoms with Gasteiger partial charge in [0.1, 0.15) is 0 Å². The molecule has 1 unspecified atom stereocenters. The monoisotopic (exact) mass is 260 g/mol. The average molecular weight is 260 g/mol. The standard InChI is InChI=1S/C15H20N2S/c1-15(10-16)6-7-17(11-15)9-13-8-12-4-2-3-5-14(12)18-13/h2-5,8H,6-7,9-11,16H2,1H3. The van der Waals surface area contributed by atoms with E-state index in [4.69, 9.17) is 5.73 Å². The molecule has 1 atom stereocenters. The summed E-state index contributed by atoms with van der Waals surface area (Å²) in [5.41, 5.74) is 6.19. The van der Waals surface area contributed by atoms with Crippen LogP contribution in [0.25, 0.3) is 10.1 Å². The molecule has 1 aromatic carbocycles. The summed E-state index contributed by atoms with van der Waals surface area (Å²) in [6, 6.07) is 11.0. The minimum absolute atomic E-state index is 0.330. The maximum Gasteiger partial charge on any atom is 0.0346 e. The largest absolute Gasteiger partial charge is 0.330 e. The molecule has 2 heterocycles. The van der Waals surface area contributed by atoms with Gasteiger partial charge in [0.05, 0.1) is 0 Å². The molecule has 18 heavy (non-hydrogen) atoms. The second-order valence-electron chi connectivity index (χ2n) is 5.73. The number of rotatable bonds is 3. The van der Waals surface area contributed by atoms with Crippen LogP contribution in [-0.2, 0) is 6.54 Å². The molecule has 1 aromatic heterocycles. The molecule has 0 spiro atoms. The third-order valence-corrected chi connectivity index (χ3v) is 5.09. The number of benzene rings is 1. The highest BCUT2D eigenvalue weighted by molar-refractivity contribution is 7.19. The van der Waals surface area contributed by atoms with E-state index in [1.807, 2.05) is 11.3 Å². The van der Waals surface area contributed by atoms with Crippen LogP contribution in [0.1, 0.15) is 18.2 Å². The van der Waals surface area contributed by atoms with Crippen LogP contribution >= 0.6 is 11.3 Å². The van der Waals surface area contributed by atoms with E-state index in [9.17, 15) is 0 Å². The van der Waals surface area contributed by atoms with Crippen molar-refractivity contribution in [2.75, 3.05) is 19.6 Å². The van der Waals surface area contributed by atoms with Crippen molar-refractivity contribution in [3.05, 3.63) is 35.2 Å². The summed E-state index contributed by atoms with van der Waals surface area (Å²) in [5.74, 6) is 0. The fourth-order valence-electron chi connectivity index (χ4n) is 2.76. The van der Waals surface area contributed by atoms with Gasteiger partial charge < -0.3 is 5.73 Å². The van der Waals surface area contributed by atoms with Gasteiger partial charge in [0.15, 0.2) is 0 Å². The van der Waals surface area contributed by atoms with Crippen molar-refractivity contribution < 1.29 is 0 Å². The van der Waals surface area contributed by atoms with Gasteiger partial charge in [0.2, 0.25) is 0 Å². The molecular weight excluding hydrogens is 240 g/mol. The number of hydrogen-bond acceptors (Lipinski definition) is 3. The van der Waals surface area contributed by atoms with Gasteiger partial charge in [-0.3, -0.25) is 4.90 Å². The third kappa shape index (κ3) is 2.30. The van der Waals surface area contributed by atoms with Gasteiger partial charge in [0, 0.05) is 22.7 Å². The molecule has 2 aromatic rings. The van der Waals surface area contributed by atoms with Gasteiger partial charge in [-0.2, -0.15) is 0 Å². The van der Waals surface area contributed by atoms with Gasteiger partial charge in [-0.15, -0.1) is 11.3 Å². The van der Waals surface area contributed by atoms with Crippen LogP contribution in [0, 0.1) is 5.41 Å². The van der Waals surface area contributed by atoms with Crippen LogP contribution in [0.15, 0.2) is 30.3 Å². The van der Waals surface area contributed by atoms with Crippen LogP contribution in [0.4, 0.5) is 0 Å². The molecule has 2 nitrogen and oxygen atoms in total. The summed E-state index contributed by atoms with van der Waals surface area (Å²) in [7, 11) is 0. The van der Waals surface area contributed by atoms with E-state index in [2.05, 4.69) is 42.2 Å². The van der Waals surface area contributed by atoms with E-state index >= 15 is 0 Å². The second-order valence-corrected chi connectivity index (χ2v) is 6.89. The zero-order valence-electron chi connectivity index (χ0n) is 10.9. The van der Waals surface area contributed by atoms with Crippen LogP contribution < -0.4 is 5.73 Å². The summed E-state index contributed by atoms with van der Waals surface area (Å²) in [4.78, 5) is 4.01. The van der Waals surface area contributed by atoms with Gasteiger partial charge in [-0.25, -0.2) is 0 Å². The van der Waals surface area contributed by atoms with E-state index in [-0.39, 0.29) is 0 Å². The smallest absolute Gasteiger partial charge is 0.0346 e. The number of fused-ring (bicyclic) bond motifs is 1. The SMILES string of the molecule is CC1(CN)CCN(Cc2cc3ccccc3s2)C1. The highest BCUT2D eigenvalue weighted by Crippen LogP contribution is 2.32. The Bertz CT molecular complexity index is 515. The molecule has 3 heteroatoms. The van der Waals surface area contributed by atoms with Crippen LogP contribution in [0.3, 0.4) is 0 Å². The Balaban J connectivity index is 1.73. The Hall–Kier alpha value is -0.900. The first kappa shape index (κ1) is 12.2. The molecule has 0 aliphatic carbocycles. The first-order valence-electron chi connectivity index (χ1n) is 6.58. The van der Waals surface area contributed by atoms with E-state index in [0.717, 1.165) is 19.6 Å². The lowest BCUT2D eigenvalue weighted by atomic mass is 9.90. The molecule has 0 amide bonds. The lowest BCUT2D eigenvalue weighted by molar-refractivity contribution is 0.276. The van der Waals surface area contributed by atoms with Gasteiger partial charge in [0.25, 0.3) is 0 Å². The summed E-state index contributed by atoms with van der Waals surface area (Å²) >= 11 is 1.92. The van der Waals surface area contributed by atoms with E-state index in [0.29, 0.717) is 5.41 Å². The summed E-state index contributed by atoms with van der Waals surface area (Å²) < 4.78 is 1.40. The lowest BCUT2D eigenvalue weighted by Gasteiger charge is -2.22. The molecule has 0 saturated carbocycles. The fraction of sp³-hybridized carbons (Fsp3) is 0.467. The zero-order chi connectivity index (χ0) is 12.6. The first-order valence-corrected chi connectivity index (χ1v) is 7.40. The first-order chi connectivity index (χ1) is 8.68. The molecule has 3 rings (SSSR count). The van der Waals surface area contributed by atoms with Crippen LogP contribution in [-0.4, -0.2) is 24.5 Å². The molecule has 0 radical (unpaired) electrons. The summed E-state index contributed by atoms with van der Waals surface area (Å²) in [6.07, 6.45) is 1.23. The van der Waals surface area contributed by atoms with Crippen molar-refractivity contribution in [2.24, 2.45) is 11.1 Å². The van der Waals surface area contributed by atoms with Crippen molar-refractivity contribution in [2.45, 2.75) is 19.9 Å². The molecule has 1 aliphatic rings. The van der Waals surface area contributed by atoms with Crippen molar-refractivity contribution >= 4 is 21.4 Å². The van der Waals surface area contributed by atoms with Gasteiger partial charge >= 0.3 is 0 Å². The van der Waals surface area contributed by atoms with Crippen molar-refractivity contribution in [1.29, 1.82) is 0 Å². The highest BCUT2D eigenvalue weighted by Gasteiger charge is 2.32. The van der Waals surface area contributed by atoms with Crippen molar-refractivity contribution in [3.8, 4) is 0 Å². The van der Waals surface area contributed by atoms with Crippen LogP contribution in [0.2, 0.25) is 0 Å². The van der Waals surface area contributed by atoms with Gasteiger partial charge in [-0.1, -0.05) is 25.1 Å². The maximum atomic E-state index is 5.86. The topological polar surface area (TPSA) is 29.3 Å². The Morgan fingerprint density at radius 3 is 2.94 bits per heavy atom. The zero-order valence-corrected chi connectivity index (χ0v) is 11.7. The second kappa shape index (κ2) is 4.65. The quantitative estimate of drug-likeness (QED) is 0.919. The predicted molar refractivity (Wildman–Crippen MR) is 78.9 cm³/mol. The molecule has 96 valence electrons. The predicted octanol–water partition coefficient (Wildman–Crippen LogP) is 3.07. The number of thiophene rings is 1. The van der Waals surface area contributed by atoms with Gasteiger partial charge in [-0.05, 0) is 42.4 Å². The normalized spacial score (nSPS) is 25.0. The van der Waals surface area contributed by atoms with Crippen molar-refractivity contribution in [3.63, 3.8) is 0 Å². The Morgan fingerprint density at radius 1 is 1.39 bits per heavy atom. The summed E-state index contributed by atoms with van der Waals surface area (Å²) in [6.45, 7) is 6.50. The van der Waals surface area contributed by atoms with Crippen LogP contribution in [0.5, 0.6) is 0 Å². The summed E-state index contributed by atoms with van der Waals surface area (Å²) in [5, 5.41) is 1.37. The van der Waals surface area contributed by atoms with Crippen molar-refractivity contribution in [1.82, 2.24) is 4.90 Å². The number of hydrogen-bond donors (Lipinski definition) is 1. The third-order valence-electron chi connectivity index (χ3n) is 3.99. The lowest BCUT2D eigenvalue weighted by Crippen LogP contribution is -2.30. The molecule has 1 saturated heterocycles. The molecule has 0 bridgehead atoms. The molecule has 1 fully saturated rings. The highest BCUT2D eigenvalue weighted by atomic mass is 32.1. The molecule has 1 aliphatic heterocycles. The number of nitrogens with two attached hydrogens (primary N) is 1. The van der Waals surface area contributed by atoms with E-state index in [1.54, 1.807) is 0 Å². The molecular formula is C15H20N2S. The fourth-order valence-corrected chi connectivity index (χ4v) is 3.87. The maximum absolute atomic E-state index is 5.86. The Morgan fingerprint density at radius 2 is 2.22 bits per heavy atom. The Labute approximate surface area is 112 Å². The molecule has 2 N–H and O–H groups in total. The van der Waals surface area contributed by atoms with E-state index < -0.39 is 0 Å². The average Bonchev–Trinajstić information content (AvgIpc) is 2.93.